The molecule has 1 N–H and O–H groups in total. The summed E-state index contributed by atoms with van der Waals surface area (Å²) in [5.74, 6) is 1.16. The standard InChI is InChI=1S/C21H21ClN4OS/c1-12-5-6-14(10-12)13(2)26-21(27)16(11-23)20(28-26)25-19-15-4-3-9-24-18(15)8-7-17(19)22/h3-4,7-9,12-14,25H,5-6,10H2,1-2H3/t12-,13?,14-/m0/s1. The number of rotatable bonds is 4. The molecular weight excluding hydrogens is 392 g/mol. The highest BCUT2D eigenvalue weighted by Gasteiger charge is 2.30. The number of pyridine rings is 1. The SMILES string of the molecule is CC([C@H]1CC[C@H](C)C1)n1sc(Nc2c(Cl)ccc3ncccc23)c(C#N)c1=O. The molecule has 28 heavy (non-hydrogen) atoms. The van der Waals surface area contributed by atoms with E-state index in [2.05, 4.69) is 30.2 Å². The third-order valence-electron chi connectivity index (χ3n) is 5.70. The summed E-state index contributed by atoms with van der Waals surface area (Å²) in [4.78, 5) is 17.3. The van der Waals surface area contributed by atoms with Crippen LogP contribution in [-0.2, 0) is 0 Å². The van der Waals surface area contributed by atoms with E-state index in [9.17, 15) is 10.1 Å². The molecule has 1 aliphatic carbocycles. The maximum atomic E-state index is 12.9. The molecule has 4 rings (SSSR count). The van der Waals surface area contributed by atoms with Crippen molar-refractivity contribution >= 4 is 44.7 Å². The fraction of sp³-hybridized carbons (Fsp3) is 0.381. The van der Waals surface area contributed by atoms with Gasteiger partial charge in [0.1, 0.15) is 11.1 Å². The van der Waals surface area contributed by atoms with E-state index < -0.39 is 0 Å². The lowest BCUT2D eigenvalue weighted by Crippen LogP contribution is -2.23. The van der Waals surface area contributed by atoms with Crippen LogP contribution in [0.1, 0.15) is 44.7 Å². The Morgan fingerprint density at radius 2 is 2.21 bits per heavy atom. The lowest BCUT2D eigenvalue weighted by Gasteiger charge is -2.19. The zero-order chi connectivity index (χ0) is 19.8. The minimum atomic E-state index is -0.225. The molecule has 0 spiro atoms. The van der Waals surface area contributed by atoms with E-state index in [0.717, 1.165) is 23.7 Å². The number of aromatic nitrogens is 2. The Hall–Kier alpha value is -2.36. The highest BCUT2D eigenvalue weighted by molar-refractivity contribution is 7.11. The van der Waals surface area contributed by atoms with E-state index >= 15 is 0 Å². The van der Waals surface area contributed by atoms with E-state index in [0.29, 0.717) is 27.5 Å². The molecule has 7 heteroatoms. The number of fused-ring (bicyclic) bond motifs is 1. The summed E-state index contributed by atoms with van der Waals surface area (Å²) in [7, 11) is 0. The van der Waals surface area contributed by atoms with Gasteiger partial charge in [0.25, 0.3) is 5.56 Å². The molecule has 1 unspecified atom stereocenters. The molecule has 2 heterocycles. The Labute approximate surface area is 172 Å². The lowest BCUT2D eigenvalue weighted by molar-refractivity contribution is 0.364. The Kier molecular flexibility index (Phi) is 5.13. The van der Waals surface area contributed by atoms with E-state index in [1.807, 2.05) is 18.2 Å². The maximum Gasteiger partial charge on any atom is 0.281 e. The molecule has 3 atom stereocenters. The van der Waals surface area contributed by atoms with Crippen molar-refractivity contribution in [1.29, 1.82) is 5.26 Å². The first-order valence-electron chi connectivity index (χ1n) is 9.45. The minimum Gasteiger partial charge on any atom is -0.343 e. The summed E-state index contributed by atoms with van der Waals surface area (Å²) >= 11 is 7.73. The average Bonchev–Trinajstić information content (AvgIpc) is 3.26. The second-order valence-corrected chi connectivity index (χ2v) is 8.97. The van der Waals surface area contributed by atoms with Crippen LogP contribution >= 0.6 is 23.1 Å². The first kappa shape index (κ1) is 19.0. The number of nitrogens with one attached hydrogen (secondary N) is 1. The van der Waals surface area contributed by atoms with Gasteiger partial charge in [-0.1, -0.05) is 24.9 Å². The molecule has 1 fully saturated rings. The molecule has 0 saturated heterocycles. The molecule has 0 bridgehead atoms. The maximum absolute atomic E-state index is 12.9. The molecule has 2 aromatic heterocycles. The highest BCUT2D eigenvalue weighted by atomic mass is 35.5. The summed E-state index contributed by atoms with van der Waals surface area (Å²) in [5.41, 5.74) is 1.38. The van der Waals surface area contributed by atoms with Gasteiger partial charge in [0.2, 0.25) is 0 Å². The van der Waals surface area contributed by atoms with Gasteiger partial charge in [-0.05, 0) is 67.4 Å². The van der Waals surface area contributed by atoms with Crippen LogP contribution in [0.3, 0.4) is 0 Å². The Morgan fingerprint density at radius 3 is 2.93 bits per heavy atom. The van der Waals surface area contributed by atoms with Crippen molar-refractivity contribution < 1.29 is 0 Å². The quantitative estimate of drug-likeness (QED) is 0.594. The van der Waals surface area contributed by atoms with Crippen molar-refractivity contribution in [3.05, 3.63) is 51.4 Å². The van der Waals surface area contributed by atoms with Gasteiger partial charge in [-0.2, -0.15) is 5.26 Å². The van der Waals surface area contributed by atoms with Crippen molar-refractivity contribution in [3.8, 4) is 6.07 Å². The molecule has 0 radical (unpaired) electrons. The second kappa shape index (κ2) is 7.57. The third-order valence-corrected chi connectivity index (χ3v) is 7.20. The van der Waals surface area contributed by atoms with Crippen molar-refractivity contribution in [2.45, 2.75) is 39.2 Å². The van der Waals surface area contributed by atoms with Crippen molar-refractivity contribution in [2.75, 3.05) is 5.32 Å². The number of hydrogen-bond donors (Lipinski definition) is 1. The van der Waals surface area contributed by atoms with Crippen LogP contribution in [0.4, 0.5) is 10.7 Å². The molecule has 1 saturated carbocycles. The fourth-order valence-electron chi connectivity index (χ4n) is 4.09. The molecule has 5 nitrogen and oxygen atoms in total. The molecule has 0 amide bonds. The van der Waals surface area contributed by atoms with Crippen LogP contribution in [0.25, 0.3) is 10.9 Å². The van der Waals surface area contributed by atoms with E-state index in [-0.39, 0.29) is 17.2 Å². The first-order chi connectivity index (χ1) is 13.5. The van der Waals surface area contributed by atoms with Crippen LogP contribution in [0, 0.1) is 23.2 Å². The molecular formula is C21H21ClN4OS. The van der Waals surface area contributed by atoms with E-state index in [1.165, 1.54) is 18.0 Å². The zero-order valence-corrected chi connectivity index (χ0v) is 17.3. The predicted octanol–water partition coefficient (Wildman–Crippen LogP) is 5.72. The van der Waals surface area contributed by atoms with Crippen molar-refractivity contribution in [1.82, 2.24) is 8.94 Å². The van der Waals surface area contributed by atoms with Crippen LogP contribution in [0.15, 0.2) is 35.3 Å². The minimum absolute atomic E-state index is 0.0785. The first-order valence-corrected chi connectivity index (χ1v) is 10.6. The summed E-state index contributed by atoms with van der Waals surface area (Å²) in [6.07, 6.45) is 5.17. The topological polar surface area (TPSA) is 70.7 Å². The third kappa shape index (κ3) is 3.30. The van der Waals surface area contributed by atoms with Gasteiger partial charge >= 0.3 is 0 Å². The van der Waals surface area contributed by atoms with Gasteiger partial charge in [0.05, 0.1) is 16.2 Å². The van der Waals surface area contributed by atoms with Crippen LogP contribution in [0.2, 0.25) is 5.02 Å². The van der Waals surface area contributed by atoms with Gasteiger partial charge in [-0.3, -0.25) is 13.7 Å². The fourth-order valence-corrected chi connectivity index (χ4v) is 5.39. The van der Waals surface area contributed by atoms with Crippen LogP contribution in [-0.4, -0.2) is 8.94 Å². The lowest BCUT2D eigenvalue weighted by atomic mass is 9.99. The van der Waals surface area contributed by atoms with Gasteiger partial charge in [0, 0.05) is 17.6 Å². The number of benzene rings is 1. The molecule has 1 aliphatic rings. The highest BCUT2D eigenvalue weighted by Crippen LogP contribution is 2.40. The summed E-state index contributed by atoms with van der Waals surface area (Å²) in [6.45, 7) is 4.34. The van der Waals surface area contributed by atoms with Crippen LogP contribution < -0.4 is 10.9 Å². The Balaban J connectivity index is 1.75. The normalized spacial score (nSPS) is 20.2. The van der Waals surface area contributed by atoms with Gasteiger partial charge in [0.15, 0.2) is 5.56 Å². The summed E-state index contributed by atoms with van der Waals surface area (Å²) in [6, 6.07) is 9.55. The number of anilines is 2. The second-order valence-electron chi connectivity index (χ2n) is 7.57. The summed E-state index contributed by atoms with van der Waals surface area (Å²) in [5, 5.41) is 14.8. The smallest absolute Gasteiger partial charge is 0.281 e. The molecule has 3 aromatic rings. The van der Waals surface area contributed by atoms with Gasteiger partial charge < -0.3 is 5.32 Å². The predicted molar refractivity (Wildman–Crippen MR) is 115 cm³/mol. The van der Waals surface area contributed by atoms with Crippen molar-refractivity contribution in [3.63, 3.8) is 0 Å². The van der Waals surface area contributed by atoms with Gasteiger partial charge in [-0.15, -0.1) is 0 Å². The van der Waals surface area contributed by atoms with Crippen molar-refractivity contribution in [2.24, 2.45) is 11.8 Å². The number of nitriles is 1. The molecule has 1 aromatic carbocycles. The Bertz CT molecular complexity index is 1130. The zero-order valence-electron chi connectivity index (χ0n) is 15.8. The van der Waals surface area contributed by atoms with E-state index in [1.54, 1.807) is 16.2 Å². The number of hydrogen-bond acceptors (Lipinski definition) is 5. The average molecular weight is 413 g/mol. The number of nitrogens with zero attached hydrogens (tertiary/aromatic N) is 3. The monoisotopic (exact) mass is 412 g/mol. The van der Waals surface area contributed by atoms with E-state index in [4.69, 9.17) is 11.6 Å². The molecule has 0 aliphatic heterocycles. The number of halogens is 1. The largest absolute Gasteiger partial charge is 0.343 e. The summed E-state index contributed by atoms with van der Waals surface area (Å²) < 4.78 is 1.75. The van der Waals surface area contributed by atoms with Crippen LogP contribution in [0.5, 0.6) is 0 Å². The van der Waals surface area contributed by atoms with Gasteiger partial charge in [-0.25, -0.2) is 0 Å². The Morgan fingerprint density at radius 1 is 1.39 bits per heavy atom. The molecule has 144 valence electrons.